The van der Waals surface area contributed by atoms with Crippen LogP contribution in [0.4, 0.5) is 11.4 Å². The predicted octanol–water partition coefficient (Wildman–Crippen LogP) is 4.58. The number of carbonyl (C=O) groups is 2. The number of sulfonamides is 1. The Bertz CT molecular complexity index is 1260. The normalized spacial score (nSPS) is 12.0. The van der Waals surface area contributed by atoms with E-state index in [4.69, 9.17) is 0 Å². The molecule has 8 heteroatoms. The standard InChI is InChI=1S/C25H27N3O4S/c1-4-18(3)26-25(30)21-12-8-9-13-23(21)27-24(29)19-14-15-22(17(2)16-19)28-33(31,32)20-10-6-5-7-11-20/h5-16,18,28H,4H2,1-3H3,(H,26,30)(H,27,29)/t18-/m1/s1. The van der Waals surface area contributed by atoms with Gasteiger partial charge in [-0.1, -0.05) is 37.3 Å². The Morgan fingerprint density at radius 2 is 1.55 bits per heavy atom. The third-order valence-corrected chi connectivity index (χ3v) is 6.58. The fourth-order valence-corrected chi connectivity index (χ4v) is 4.26. The number of hydrogen-bond donors (Lipinski definition) is 3. The minimum atomic E-state index is -3.74. The van der Waals surface area contributed by atoms with Crippen LogP contribution in [-0.2, 0) is 10.0 Å². The second kappa shape index (κ2) is 10.3. The van der Waals surface area contributed by atoms with Crippen molar-refractivity contribution >= 4 is 33.2 Å². The molecule has 0 aliphatic heterocycles. The van der Waals surface area contributed by atoms with Gasteiger partial charge in [0.15, 0.2) is 0 Å². The SMILES string of the molecule is CC[C@@H](C)NC(=O)c1ccccc1NC(=O)c1ccc(NS(=O)(=O)c2ccccc2)c(C)c1. The lowest BCUT2D eigenvalue weighted by Crippen LogP contribution is -2.32. The minimum Gasteiger partial charge on any atom is -0.350 e. The number of nitrogens with one attached hydrogen (secondary N) is 3. The highest BCUT2D eigenvalue weighted by atomic mass is 32.2. The maximum Gasteiger partial charge on any atom is 0.261 e. The van der Waals surface area contributed by atoms with Gasteiger partial charge in [-0.05, 0) is 68.3 Å². The molecule has 0 unspecified atom stereocenters. The number of aryl methyl sites for hydroxylation is 1. The molecule has 0 spiro atoms. The molecule has 0 aromatic heterocycles. The Labute approximate surface area is 194 Å². The smallest absolute Gasteiger partial charge is 0.261 e. The van der Waals surface area contributed by atoms with E-state index in [0.29, 0.717) is 28.1 Å². The van der Waals surface area contributed by atoms with Crippen LogP contribution in [0.5, 0.6) is 0 Å². The molecular weight excluding hydrogens is 438 g/mol. The van der Waals surface area contributed by atoms with Crippen molar-refractivity contribution in [2.75, 3.05) is 10.0 Å². The van der Waals surface area contributed by atoms with Crippen LogP contribution in [0.25, 0.3) is 0 Å². The zero-order chi connectivity index (χ0) is 24.0. The molecule has 3 aromatic rings. The van der Waals surface area contributed by atoms with E-state index in [1.165, 1.54) is 18.2 Å². The molecular formula is C25H27N3O4S. The van der Waals surface area contributed by atoms with Gasteiger partial charge in [0.2, 0.25) is 0 Å². The molecule has 0 fully saturated rings. The summed E-state index contributed by atoms with van der Waals surface area (Å²) in [4.78, 5) is 25.6. The molecule has 2 amide bonds. The Hall–Kier alpha value is -3.65. The summed E-state index contributed by atoms with van der Waals surface area (Å²) in [6, 6.07) is 19.5. The molecule has 33 heavy (non-hydrogen) atoms. The number of amides is 2. The third kappa shape index (κ3) is 5.98. The molecule has 0 aliphatic rings. The summed E-state index contributed by atoms with van der Waals surface area (Å²) in [6.45, 7) is 5.60. The number of carbonyl (C=O) groups excluding carboxylic acids is 2. The van der Waals surface area contributed by atoms with Crippen LogP contribution in [0.1, 0.15) is 46.5 Å². The molecule has 3 rings (SSSR count). The molecule has 0 aliphatic carbocycles. The average Bonchev–Trinajstić information content (AvgIpc) is 2.81. The largest absolute Gasteiger partial charge is 0.350 e. The van der Waals surface area contributed by atoms with Crippen molar-refractivity contribution in [2.24, 2.45) is 0 Å². The molecule has 3 aromatic carbocycles. The number of anilines is 2. The Morgan fingerprint density at radius 3 is 2.21 bits per heavy atom. The monoisotopic (exact) mass is 465 g/mol. The lowest BCUT2D eigenvalue weighted by atomic mass is 10.1. The van der Waals surface area contributed by atoms with E-state index < -0.39 is 15.9 Å². The number of benzene rings is 3. The third-order valence-electron chi connectivity index (χ3n) is 5.20. The first kappa shape index (κ1) is 24.0. The fourth-order valence-electron chi connectivity index (χ4n) is 3.11. The quantitative estimate of drug-likeness (QED) is 0.453. The lowest BCUT2D eigenvalue weighted by Gasteiger charge is -2.15. The average molecular weight is 466 g/mol. The van der Waals surface area contributed by atoms with E-state index in [0.717, 1.165) is 6.42 Å². The number of para-hydroxylation sites is 1. The van der Waals surface area contributed by atoms with Crippen LogP contribution < -0.4 is 15.4 Å². The lowest BCUT2D eigenvalue weighted by molar-refractivity contribution is 0.0940. The Morgan fingerprint density at radius 1 is 0.879 bits per heavy atom. The van der Waals surface area contributed by atoms with Crippen LogP contribution in [-0.4, -0.2) is 26.3 Å². The first-order valence-corrected chi connectivity index (χ1v) is 12.1. The van der Waals surface area contributed by atoms with E-state index in [9.17, 15) is 18.0 Å². The Kier molecular flexibility index (Phi) is 7.50. The van der Waals surface area contributed by atoms with E-state index in [2.05, 4.69) is 15.4 Å². The highest BCUT2D eigenvalue weighted by Crippen LogP contribution is 2.22. The van der Waals surface area contributed by atoms with Crippen molar-refractivity contribution in [3.63, 3.8) is 0 Å². The fraction of sp³-hybridized carbons (Fsp3) is 0.200. The van der Waals surface area contributed by atoms with Crippen molar-refractivity contribution in [2.45, 2.75) is 38.1 Å². The zero-order valence-electron chi connectivity index (χ0n) is 18.8. The molecule has 0 saturated heterocycles. The van der Waals surface area contributed by atoms with Crippen molar-refractivity contribution < 1.29 is 18.0 Å². The minimum absolute atomic E-state index is 0.0103. The zero-order valence-corrected chi connectivity index (χ0v) is 19.6. The summed E-state index contributed by atoms with van der Waals surface area (Å²) in [7, 11) is -3.74. The second-order valence-corrected chi connectivity index (χ2v) is 9.41. The van der Waals surface area contributed by atoms with Gasteiger partial charge in [-0.25, -0.2) is 8.42 Å². The number of hydrogen-bond acceptors (Lipinski definition) is 4. The van der Waals surface area contributed by atoms with E-state index in [1.54, 1.807) is 61.5 Å². The van der Waals surface area contributed by atoms with Crippen LogP contribution in [0.2, 0.25) is 0 Å². The van der Waals surface area contributed by atoms with E-state index >= 15 is 0 Å². The summed E-state index contributed by atoms with van der Waals surface area (Å²) >= 11 is 0. The van der Waals surface area contributed by atoms with Crippen molar-refractivity contribution in [3.05, 3.63) is 89.5 Å². The topological polar surface area (TPSA) is 104 Å². The van der Waals surface area contributed by atoms with E-state index in [-0.39, 0.29) is 16.8 Å². The van der Waals surface area contributed by atoms with Gasteiger partial charge in [-0.3, -0.25) is 14.3 Å². The van der Waals surface area contributed by atoms with Gasteiger partial charge in [-0.15, -0.1) is 0 Å². The van der Waals surface area contributed by atoms with E-state index in [1.807, 2.05) is 13.8 Å². The van der Waals surface area contributed by atoms with Crippen LogP contribution >= 0.6 is 0 Å². The summed E-state index contributed by atoms with van der Waals surface area (Å²) in [5.41, 5.74) is 2.07. The van der Waals surface area contributed by atoms with Crippen LogP contribution in [0, 0.1) is 6.92 Å². The molecule has 0 radical (unpaired) electrons. The Balaban J connectivity index is 1.77. The van der Waals surface area contributed by atoms with Gasteiger partial charge in [0, 0.05) is 11.6 Å². The van der Waals surface area contributed by atoms with Crippen molar-refractivity contribution in [1.29, 1.82) is 0 Å². The summed E-state index contributed by atoms with van der Waals surface area (Å²) in [5.74, 6) is -0.665. The molecule has 0 heterocycles. The van der Waals surface area contributed by atoms with Crippen LogP contribution in [0.15, 0.2) is 77.7 Å². The van der Waals surface area contributed by atoms with Crippen molar-refractivity contribution in [1.82, 2.24) is 5.32 Å². The van der Waals surface area contributed by atoms with Gasteiger partial charge >= 0.3 is 0 Å². The van der Waals surface area contributed by atoms with Gasteiger partial charge in [0.25, 0.3) is 21.8 Å². The summed E-state index contributed by atoms with van der Waals surface area (Å²) < 4.78 is 27.7. The number of rotatable bonds is 8. The van der Waals surface area contributed by atoms with Gasteiger partial charge < -0.3 is 10.6 Å². The molecule has 172 valence electrons. The molecule has 0 bridgehead atoms. The molecule has 7 nitrogen and oxygen atoms in total. The van der Waals surface area contributed by atoms with Crippen LogP contribution in [0.3, 0.4) is 0 Å². The molecule has 0 saturated carbocycles. The summed E-state index contributed by atoms with van der Waals surface area (Å²) in [5, 5.41) is 5.68. The second-order valence-electron chi connectivity index (χ2n) is 7.73. The highest BCUT2D eigenvalue weighted by Gasteiger charge is 2.18. The maximum atomic E-state index is 12.9. The van der Waals surface area contributed by atoms with Crippen molar-refractivity contribution in [3.8, 4) is 0 Å². The first-order valence-electron chi connectivity index (χ1n) is 10.6. The van der Waals surface area contributed by atoms with Gasteiger partial charge in [-0.2, -0.15) is 0 Å². The molecule has 3 N–H and O–H groups in total. The molecule has 1 atom stereocenters. The van der Waals surface area contributed by atoms with Gasteiger partial charge in [0.05, 0.1) is 21.8 Å². The van der Waals surface area contributed by atoms with Gasteiger partial charge in [0.1, 0.15) is 0 Å². The first-order chi connectivity index (χ1) is 15.7. The summed E-state index contributed by atoms with van der Waals surface area (Å²) in [6.07, 6.45) is 0.792. The predicted molar refractivity (Wildman–Crippen MR) is 130 cm³/mol. The highest BCUT2D eigenvalue weighted by molar-refractivity contribution is 7.92. The maximum absolute atomic E-state index is 12.9.